The number of aryl methyl sites for hydroxylation is 1. The number of esters is 1. The minimum atomic E-state index is -0.475. The number of pyridine rings is 1. The van der Waals surface area contributed by atoms with Crippen LogP contribution >= 0.6 is 0 Å². The molecule has 0 fully saturated rings. The minimum absolute atomic E-state index is 0.316. The zero-order valence-electron chi connectivity index (χ0n) is 12.1. The maximum absolute atomic E-state index is 11.9. The Morgan fingerprint density at radius 1 is 1.24 bits per heavy atom. The summed E-state index contributed by atoms with van der Waals surface area (Å²) in [4.78, 5) is 16.0. The second-order valence-electron chi connectivity index (χ2n) is 4.26. The number of carbonyl (C=O) groups is 1. The van der Waals surface area contributed by atoms with Crippen LogP contribution < -0.4 is 4.74 Å². The number of hydrogen-bond donors (Lipinski definition) is 0. The van der Waals surface area contributed by atoms with E-state index in [9.17, 15) is 4.79 Å². The summed E-state index contributed by atoms with van der Waals surface area (Å²) in [7, 11) is 2.82. The van der Waals surface area contributed by atoms with Gasteiger partial charge in [-0.05, 0) is 25.1 Å². The second kappa shape index (κ2) is 6.13. The van der Waals surface area contributed by atoms with Crippen LogP contribution in [0.3, 0.4) is 0 Å². The quantitative estimate of drug-likeness (QED) is 0.802. The highest BCUT2D eigenvalue weighted by atomic mass is 16.5. The zero-order valence-corrected chi connectivity index (χ0v) is 12.1. The summed E-state index contributed by atoms with van der Waals surface area (Å²) in [6, 6.07) is 3.53. The van der Waals surface area contributed by atoms with E-state index in [2.05, 4.69) is 21.8 Å². The summed E-state index contributed by atoms with van der Waals surface area (Å²) in [5.41, 5.74) is 2.94. The number of carbonyl (C=O) groups excluding carboxylic acids is 1. The van der Waals surface area contributed by atoms with E-state index >= 15 is 0 Å². The Balaban J connectivity index is 2.73. The Labute approximate surface area is 122 Å². The molecule has 0 atom stereocenters. The molecule has 0 saturated carbocycles. The molecule has 2 heterocycles. The molecule has 0 aliphatic carbocycles. The van der Waals surface area contributed by atoms with Gasteiger partial charge in [-0.15, -0.1) is 10.2 Å². The first kappa shape index (κ1) is 14.6. The van der Waals surface area contributed by atoms with Gasteiger partial charge in [-0.3, -0.25) is 4.98 Å². The van der Waals surface area contributed by atoms with Crippen LogP contribution in [0.1, 0.15) is 21.7 Å². The summed E-state index contributed by atoms with van der Waals surface area (Å²) in [5.74, 6) is -0.159. The van der Waals surface area contributed by atoms with Crippen LogP contribution in [0, 0.1) is 6.92 Å². The van der Waals surface area contributed by atoms with E-state index in [0.29, 0.717) is 28.3 Å². The van der Waals surface area contributed by atoms with Gasteiger partial charge in [0.2, 0.25) is 5.88 Å². The molecule has 0 amide bonds. The first-order chi connectivity index (χ1) is 10.1. The largest absolute Gasteiger partial charge is 0.479 e. The van der Waals surface area contributed by atoms with Crippen LogP contribution in [0.2, 0.25) is 0 Å². The lowest BCUT2D eigenvalue weighted by molar-refractivity contribution is 0.0601. The molecule has 6 heteroatoms. The molecule has 0 radical (unpaired) electrons. The van der Waals surface area contributed by atoms with Crippen LogP contribution in [0.25, 0.3) is 17.2 Å². The topological polar surface area (TPSA) is 74.2 Å². The van der Waals surface area contributed by atoms with Gasteiger partial charge in [0.05, 0.1) is 25.5 Å². The van der Waals surface area contributed by atoms with Crippen molar-refractivity contribution >= 4 is 12.0 Å². The van der Waals surface area contributed by atoms with Crippen molar-refractivity contribution in [1.29, 1.82) is 0 Å². The molecule has 2 aromatic heterocycles. The maximum Gasteiger partial charge on any atom is 0.340 e. The van der Waals surface area contributed by atoms with Gasteiger partial charge in [-0.2, -0.15) is 0 Å². The lowest BCUT2D eigenvalue weighted by Gasteiger charge is -2.11. The predicted molar refractivity (Wildman–Crippen MR) is 78.0 cm³/mol. The minimum Gasteiger partial charge on any atom is -0.479 e. The van der Waals surface area contributed by atoms with Crippen molar-refractivity contribution in [3.8, 4) is 17.0 Å². The van der Waals surface area contributed by atoms with E-state index < -0.39 is 5.97 Å². The highest BCUT2D eigenvalue weighted by molar-refractivity contribution is 5.97. The van der Waals surface area contributed by atoms with E-state index in [4.69, 9.17) is 9.47 Å². The standard InChI is InChI=1S/C15H15N3O3/c1-5-10-7-12(14(20-3)18-17-10)11-6-9(2)16-8-13(11)15(19)21-4/h5-8H,1H2,2-4H3. The highest BCUT2D eigenvalue weighted by Gasteiger charge is 2.18. The molecular weight excluding hydrogens is 270 g/mol. The van der Waals surface area contributed by atoms with Crippen LogP contribution in [0.15, 0.2) is 24.9 Å². The van der Waals surface area contributed by atoms with Gasteiger partial charge in [0.15, 0.2) is 0 Å². The summed E-state index contributed by atoms with van der Waals surface area (Å²) in [5, 5.41) is 7.93. The van der Waals surface area contributed by atoms with Crippen molar-refractivity contribution in [3.63, 3.8) is 0 Å². The Hall–Kier alpha value is -2.76. The van der Waals surface area contributed by atoms with Crippen molar-refractivity contribution in [2.24, 2.45) is 0 Å². The summed E-state index contributed by atoms with van der Waals surface area (Å²) in [6.07, 6.45) is 3.05. The highest BCUT2D eigenvalue weighted by Crippen LogP contribution is 2.31. The van der Waals surface area contributed by atoms with Crippen molar-refractivity contribution in [1.82, 2.24) is 15.2 Å². The fraction of sp³-hybridized carbons (Fsp3) is 0.200. The number of aromatic nitrogens is 3. The van der Waals surface area contributed by atoms with E-state index in [-0.39, 0.29) is 0 Å². The summed E-state index contributed by atoms with van der Waals surface area (Å²) < 4.78 is 10.0. The van der Waals surface area contributed by atoms with Crippen molar-refractivity contribution in [3.05, 3.63) is 41.9 Å². The fourth-order valence-electron chi connectivity index (χ4n) is 1.89. The number of hydrogen-bond acceptors (Lipinski definition) is 6. The van der Waals surface area contributed by atoms with Crippen LogP contribution in [-0.4, -0.2) is 35.4 Å². The number of rotatable bonds is 4. The Morgan fingerprint density at radius 3 is 2.62 bits per heavy atom. The molecule has 0 bridgehead atoms. The SMILES string of the molecule is C=Cc1cc(-c2cc(C)ncc2C(=O)OC)c(OC)nn1. The zero-order chi connectivity index (χ0) is 15.4. The number of ether oxygens (including phenoxy) is 2. The monoisotopic (exact) mass is 285 g/mol. The van der Waals surface area contributed by atoms with E-state index in [1.54, 1.807) is 18.2 Å². The van der Waals surface area contributed by atoms with E-state index in [1.165, 1.54) is 20.4 Å². The maximum atomic E-state index is 11.9. The van der Waals surface area contributed by atoms with Gasteiger partial charge in [0, 0.05) is 23.0 Å². The van der Waals surface area contributed by atoms with Crippen LogP contribution in [0.4, 0.5) is 0 Å². The van der Waals surface area contributed by atoms with Crippen molar-refractivity contribution in [2.45, 2.75) is 6.92 Å². The summed E-state index contributed by atoms with van der Waals surface area (Å²) in [6.45, 7) is 5.50. The third-order valence-electron chi connectivity index (χ3n) is 2.92. The van der Waals surface area contributed by atoms with Crippen LogP contribution in [-0.2, 0) is 4.74 Å². The molecule has 0 unspecified atom stereocenters. The van der Waals surface area contributed by atoms with Gasteiger partial charge in [0.25, 0.3) is 0 Å². The molecule has 0 N–H and O–H groups in total. The van der Waals surface area contributed by atoms with Crippen molar-refractivity contribution in [2.75, 3.05) is 14.2 Å². The Kier molecular flexibility index (Phi) is 4.27. The lowest BCUT2D eigenvalue weighted by atomic mass is 10.0. The molecule has 0 saturated heterocycles. The van der Waals surface area contributed by atoms with Gasteiger partial charge >= 0.3 is 5.97 Å². The van der Waals surface area contributed by atoms with Gasteiger partial charge in [-0.1, -0.05) is 6.58 Å². The fourth-order valence-corrected chi connectivity index (χ4v) is 1.89. The first-order valence-corrected chi connectivity index (χ1v) is 6.20. The molecule has 6 nitrogen and oxygen atoms in total. The predicted octanol–water partition coefficient (Wildman–Crippen LogP) is 2.29. The average Bonchev–Trinajstić information content (AvgIpc) is 2.53. The smallest absolute Gasteiger partial charge is 0.340 e. The molecule has 2 rings (SSSR count). The van der Waals surface area contributed by atoms with Gasteiger partial charge in [-0.25, -0.2) is 4.79 Å². The third-order valence-corrected chi connectivity index (χ3v) is 2.92. The molecule has 0 spiro atoms. The molecule has 0 aliphatic heterocycles. The molecule has 0 aliphatic rings. The van der Waals surface area contributed by atoms with Gasteiger partial charge in [0.1, 0.15) is 0 Å². The Bertz CT molecular complexity index is 699. The van der Waals surface area contributed by atoms with Crippen molar-refractivity contribution < 1.29 is 14.3 Å². The summed E-state index contributed by atoms with van der Waals surface area (Å²) >= 11 is 0. The van der Waals surface area contributed by atoms with E-state index in [0.717, 1.165) is 5.69 Å². The number of nitrogens with zero attached hydrogens (tertiary/aromatic N) is 3. The molecule has 2 aromatic rings. The average molecular weight is 285 g/mol. The lowest BCUT2D eigenvalue weighted by Crippen LogP contribution is -2.06. The van der Waals surface area contributed by atoms with Crippen LogP contribution in [0.5, 0.6) is 5.88 Å². The van der Waals surface area contributed by atoms with Gasteiger partial charge < -0.3 is 9.47 Å². The first-order valence-electron chi connectivity index (χ1n) is 6.20. The molecule has 108 valence electrons. The molecule has 0 aromatic carbocycles. The van der Waals surface area contributed by atoms with E-state index in [1.807, 2.05) is 6.92 Å². The molecular formula is C15H15N3O3. The second-order valence-corrected chi connectivity index (χ2v) is 4.26. The molecule has 21 heavy (non-hydrogen) atoms. The Morgan fingerprint density at radius 2 is 2.00 bits per heavy atom. The third kappa shape index (κ3) is 2.89. The number of methoxy groups -OCH3 is 2. The normalized spacial score (nSPS) is 10.0.